The largest absolute Gasteiger partial charge is 0.451 e. The van der Waals surface area contributed by atoms with E-state index in [0.29, 0.717) is 23.2 Å². The van der Waals surface area contributed by atoms with Gasteiger partial charge in [-0.05, 0) is 87.0 Å². The van der Waals surface area contributed by atoms with E-state index in [1.807, 2.05) is 0 Å². The predicted octanol–water partition coefficient (Wildman–Crippen LogP) is 5.04. The lowest BCUT2D eigenvalue weighted by Gasteiger charge is -2.19. The highest BCUT2D eigenvalue weighted by atomic mass is 32.2. The van der Waals surface area contributed by atoms with Crippen molar-refractivity contribution in [2.45, 2.75) is 82.8 Å². The summed E-state index contributed by atoms with van der Waals surface area (Å²) in [6.45, 7) is 7.15. The van der Waals surface area contributed by atoms with Crippen LogP contribution in [0.2, 0.25) is 0 Å². The number of ketones is 1. The number of rotatable bonds is 8. The SMILES string of the molecule is Cc1oc([S@@](=N)(=O)CC(=O)Cc2c([C@@H](C)C3CC3)ccc3c2CCC3)cc1C(C)(C)O. The molecule has 0 aliphatic heterocycles. The lowest BCUT2D eigenvalue weighted by Crippen LogP contribution is -2.19. The molecule has 0 unspecified atom stereocenters. The molecule has 1 aromatic heterocycles. The molecule has 168 valence electrons. The van der Waals surface area contributed by atoms with Crippen LogP contribution in [0.1, 0.15) is 79.5 Å². The highest BCUT2D eigenvalue weighted by molar-refractivity contribution is 7.93. The Morgan fingerprint density at radius 2 is 2.03 bits per heavy atom. The molecule has 2 atom stereocenters. The van der Waals surface area contributed by atoms with Gasteiger partial charge in [0, 0.05) is 18.1 Å². The number of Topliss-reactive ketones (excluding diaryl/α,β-unsaturated/α-hetero) is 1. The summed E-state index contributed by atoms with van der Waals surface area (Å²) in [6.07, 6.45) is 5.86. The molecule has 31 heavy (non-hydrogen) atoms. The van der Waals surface area contributed by atoms with Gasteiger partial charge in [0.05, 0.1) is 11.4 Å². The first-order chi connectivity index (χ1) is 14.5. The van der Waals surface area contributed by atoms with Crippen molar-refractivity contribution < 1.29 is 18.5 Å². The van der Waals surface area contributed by atoms with Gasteiger partial charge >= 0.3 is 0 Å². The molecule has 1 heterocycles. The van der Waals surface area contributed by atoms with Gasteiger partial charge in [0.25, 0.3) is 0 Å². The normalized spacial score (nSPS) is 19.1. The quantitative estimate of drug-likeness (QED) is 0.598. The topological polar surface area (TPSA) is 91.4 Å². The summed E-state index contributed by atoms with van der Waals surface area (Å²) in [5.74, 6) is 0.988. The number of hydrogen-bond donors (Lipinski definition) is 2. The third-order valence-electron chi connectivity index (χ3n) is 6.87. The first kappa shape index (κ1) is 22.3. The number of carbonyl (C=O) groups excluding carboxylic acids is 1. The van der Waals surface area contributed by atoms with Gasteiger partial charge in [-0.25, -0.2) is 8.99 Å². The number of benzene rings is 1. The van der Waals surface area contributed by atoms with Gasteiger partial charge < -0.3 is 9.52 Å². The molecule has 2 aliphatic carbocycles. The average Bonchev–Trinajstić information content (AvgIpc) is 3.24. The Kier molecular flexibility index (Phi) is 5.67. The molecule has 4 rings (SSSR count). The molecule has 0 radical (unpaired) electrons. The van der Waals surface area contributed by atoms with E-state index in [0.717, 1.165) is 24.8 Å². The van der Waals surface area contributed by atoms with Crippen molar-refractivity contribution in [3.05, 3.63) is 51.8 Å². The van der Waals surface area contributed by atoms with E-state index in [-0.39, 0.29) is 23.0 Å². The van der Waals surface area contributed by atoms with Gasteiger partial charge in [0.15, 0.2) is 10.9 Å². The Bertz CT molecular complexity index is 1120. The van der Waals surface area contributed by atoms with Crippen LogP contribution in [0.25, 0.3) is 0 Å². The molecule has 2 N–H and O–H groups in total. The molecule has 1 aromatic carbocycles. The van der Waals surface area contributed by atoms with E-state index in [4.69, 9.17) is 9.20 Å². The number of hydrogen-bond acceptors (Lipinski definition) is 5. The van der Waals surface area contributed by atoms with E-state index in [9.17, 15) is 14.1 Å². The van der Waals surface area contributed by atoms with Crippen LogP contribution >= 0.6 is 0 Å². The summed E-state index contributed by atoms with van der Waals surface area (Å²) < 4.78 is 27.1. The number of nitrogens with one attached hydrogen (secondary N) is 1. The third-order valence-corrected chi connectivity index (χ3v) is 8.45. The first-order valence-electron chi connectivity index (χ1n) is 11.2. The number of aryl methyl sites for hydroxylation is 2. The summed E-state index contributed by atoms with van der Waals surface area (Å²) in [6, 6.07) is 5.89. The smallest absolute Gasteiger partial charge is 0.199 e. The number of carbonyl (C=O) groups is 1. The van der Waals surface area contributed by atoms with Crippen molar-refractivity contribution in [2.75, 3.05) is 5.75 Å². The molecular formula is C25H33NO4S. The molecule has 2 aromatic rings. The summed E-state index contributed by atoms with van der Waals surface area (Å²) in [5.41, 5.74) is 4.33. The van der Waals surface area contributed by atoms with Gasteiger partial charge in [-0.1, -0.05) is 19.1 Å². The molecule has 2 aliphatic rings. The van der Waals surface area contributed by atoms with Gasteiger partial charge in [-0.2, -0.15) is 0 Å². The van der Waals surface area contributed by atoms with Crippen LogP contribution in [0.5, 0.6) is 0 Å². The fourth-order valence-corrected chi connectivity index (χ4v) is 6.28. The van der Waals surface area contributed by atoms with E-state index < -0.39 is 15.3 Å². The molecule has 0 spiro atoms. The third kappa shape index (κ3) is 4.51. The maximum Gasteiger partial charge on any atom is 0.199 e. The van der Waals surface area contributed by atoms with Gasteiger partial charge in [0.1, 0.15) is 15.5 Å². The Balaban J connectivity index is 1.59. The standard InChI is InChI=1S/C25H33NO4S/c1-15(17-8-9-17)20-11-10-18-6-5-7-21(18)22(20)12-19(27)14-31(26,29)24-13-23(16(2)30-24)25(3,4)28/h10-11,13,15,17,26,28H,5-9,12,14H2,1-4H3/t15-,31-/m0/s1. The molecule has 1 fully saturated rings. The van der Waals surface area contributed by atoms with Crippen LogP contribution in [0.4, 0.5) is 0 Å². The van der Waals surface area contributed by atoms with Gasteiger partial charge in [0.2, 0.25) is 0 Å². The van der Waals surface area contributed by atoms with Crippen LogP contribution in [0, 0.1) is 17.6 Å². The van der Waals surface area contributed by atoms with Crippen LogP contribution in [-0.4, -0.2) is 20.9 Å². The maximum absolute atomic E-state index is 13.1. The Labute approximate surface area is 185 Å². The van der Waals surface area contributed by atoms with Crippen molar-refractivity contribution in [2.24, 2.45) is 5.92 Å². The monoisotopic (exact) mass is 443 g/mol. The Morgan fingerprint density at radius 1 is 1.32 bits per heavy atom. The van der Waals surface area contributed by atoms with Crippen LogP contribution in [0.3, 0.4) is 0 Å². The Morgan fingerprint density at radius 3 is 2.65 bits per heavy atom. The van der Waals surface area contributed by atoms with Crippen molar-refractivity contribution in [3.8, 4) is 0 Å². The first-order valence-corrected chi connectivity index (χ1v) is 12.9. The van der Waals surface area contributed by atoms with Crippen LogP contribution in [0.15, 0.2) is 27.7 Å². The summed E-state index contributed by atoms with van der Waals surface area (Å²) in [5, 5.41) is 10.2. The average molecular weight is 444 g/mol. The molecule has 6 heteroatoms. The molecule has 1 saturated carbocycles. The summed E-state index contributed by atoms with van der Waals surface area (Å²) in [7, 11) is -3.42. The van der Waals surface area contributed by atoms with E-state index in [2.05, 4.69) is 19.1 Å². The summed E-state index contributed by atoms with van der Waals surface area (Å²) >= 11 is 0. The van der Waals surface area contributed by atoms with Crippen molar-refractivity contribution in [1.29, 1.82) is 4.78 Å². The van der Waals surface area contributed by atoms with E-state index in [1.54, 1.807) is 20.8 Å². The zero-order valence-electron chi connectivity index (χ0n) is 18.9. The van der Waals surface area contributed by atoms with Gasteiger partial charge in [-0.3, -0.25) is 4.79 Å². The maximum atomic E-state index is 13.1. The van der Waals surface area contributed by atoms with E-state index >= 15 is 0 Å². The van der Waals surface area contributed by atoms with Crippen LogP contribution in [-0.2, 0) is 39.4 Å². The minimum Gasteiger partial charge on any atom is -0.451 e. The molecule has 0 amide bonds. The number of furan rings is 1. The second-order valence-electron chi connectivity index (χ2n) is 9.88. The van der Waals surface area contributed by atoms with Crippen molar-refractivity contribution in [3.63, 3.8) is 0 Å². The lowest BCUT2D eigenvalue weighted by molar-refractivity contribution is -0.116. The van der Waals surface area contributed by atoms with Crippen molar-refractivity contribution in [1.82, 2.24) is 0 Å². The highest BCUT2D eigenvalue weighted by Gasteiger charge is 2.33. The second-order valence-corrected chi connectivity index (χ2v) is 11.9. The van der Waals surface area contributed by atoms with Crippen LogP contribution < -0.4 is 0 Å². The summed E-state index contributed by atoms with van der Waals surface area (Å²) in [4.78, 5) is 13.1. The lowest BCUT2D eigenvalue weighted by atomic mass is 9.86. The Hall–Kier alpha value is -1.92. The zero-order valence-corrected chi connectivity index (χ0v) is 19.7. The molecule has 0 saturated heterocycles. The molecular weight excluding hydrogens is 410 g/mol. The highest BCUT2D eigenvalue weighted by Crippen LogP contribution is 2.44. The fourth-order valence-electron chi connectivity index (χ4n) is 5.02. The van der Waals surface area contributed by atoms with Crippen molar-refractivity contribution >= 4 is 15.5 Å². The molecule has 0 bridgehead atoms. The fraction of sp³-hybridized carbons (Fsp3) is 0.560. The molecule has 5 nitrogen and oxygen atoms in total. The number of fused-ring (bicyclic) bond motifs is 1. The predicted molar refractivity (Wildman–Crippen MR) is 121 cm³/mol. The van der Waals surface area contributed by atoms with Gasteiger partial charge in [-0.15, -0.1) is 0 Å². The second kappa shape index (κ2) is 7.89. The minimum atomic E-state index is -3.42. The number of aliphatic hydroxyl groups is 1. The van der Waals surface area contributed by atoms with E-state index in [1.165, 1.54) is 35.6 Å². The minimum absolute atomic E-state index is 0.0275. The zero-order chi connectivity index (χ0) is 22.6.